The van der Waals surface area contributed by atoms with Crippen LogP contribution in [-0.4, -0.2) is 28.8 Å². The van der Waals surface area contributed by atoms with E-state index < -0.39 is 10.8 Å². The highest BCUT2D eigenvalue weighted by Gasteiger charge is 2.27. The Morgan fingerprint density at radius 1 is 1.20 bits per heavy atom. The Kier molecular flexibility index (Phi) is 5.83. The van der Waals surface area contributed by atoms with Gasteiger partial charge in [0.25, 0.3) is 11.6 Å². The molecule has 0 spiro atoms. The Bertz CT molecular complexity index is 1070. The second kappa shape index (κ2) is 8.69. The smallest absolute Gasteiger partial charge is 0.288 e. The van der Waals surface area contributed by atoms with Crippen molar-refractivity contribution in [3.05, 3.63) is 98.4 Å². The van der Waals surface area contributed by atoms with Gasteiger partial charge >= 0.3 is 0 Å². The number of rotatable bonds is 6. The molecule has 1 aliphatic heterocycles. The zero-order chi connectivity index (χ0) is 21.1. The number of hydrogen-bond acceptors (Lipinski definition) is 5. The Hall–Kier alpha value is -3.16. The molecule has 30 heavy (non-hydrogen) atoms. The second-order valence-electron chi connectivity index (χ2n) is 7.15. The van der Waals surface area contributed by atoms with Crippen LogP contribution in [0.25, 0.3) is 0 Å². The molecule has 2 heterocycles. The van der Waals surface area contributed by atoms with Gasteiger partial charge in [-0.25, -0.2) is 0 Å². The minimum absolute atomic E-state index is 0.00278. The molecule has 4 rings (SSSR count). The lowest BCUT2D eigenvalue weighted by Gasteiger charge is -2.34. The number of furan rings is 1. The predicted octanol–water partition coefficient (Wildman–Crippen LogP) is 4.37. The Labute approximate surface area is 178 Å². The molecular formula is C22H20ClN3O4. The molecule has 1 atom stereocenters. The minimum Gasteiger partial charge on any atom is -0.468 e. The van der Waals surface area contributed by atoms with Crippen LogP contribution in [0.1, 0.15) is 33.3 Å². The van der Waals surface area contributed by atoms with Gasteiger partial charge in [0, 0.05) is 31.3 Å². The summed E-state index contributed by atoms with van der Waals surface area (Å²) in [5, 5.41) is 14.0. The zero-order valence-electron chi connectivity index (χ0n) is 16.1. The normalized spacial score (nSPS) is 14.7. The third-order valence-electron chi connectivity index (χ3n) is 5.33. The first-order valence-corrected chi connectivity index (χ1v) is 9.97. The molecule has 8 heteroatoms. The minimum atomic E-state index is -0.601. The third-order valence-corrected chi connectivity index (χ3v) is 5.65. The molecule has 1 aliphatic rings. The number of nitro benzene ring substituents is 1. The number of benzene rings is 2. The number of hydrogen-bond donors (Lipinski definition) is 1. The van der Waals surface area contributed by atoms with Gasteiger partial charge in [0.2, 0.25) is 0 Å². The summed E-state index contributed by atoms with van der Waals surface area (Å²) in [4.78, 5) is 25.4. The summed E-state index contributed by atoms with van der Waals surface area (Å²) >= 11 is 5.84. The molecule has 7 nitrogen and oxygen atoms in total. The van der Waals surface area contributed by atoms with Crippen molar-refractivity contribution in [2.75, 3.05) is 13.1 Å². The van der Waals surface area contributed by atoms with E-state index in [1.165, 1.54) is 29.3 Å². The van der Waals surface area contributed by atoms with E-state index in [0.717, 1.165) is 25.3 Å². The van der Waals surface area contributed by atoms with Crippen LogP contribution in [0.5, 0.6) is 0 Å². The molecule has 3 aromatic rings. The lowest BCUT2D eigenvalue weighted by molar-refractivity contribution is -0.384. The van der Waals surface area contributed by atoms with Crippen molar-refractivity contribution in [2.45, 2.75) is 19.0 Å². The van der Waals surface area contributed by atoms with E-state index in [0.29, 0.717) is 6.54 Å². The van der Waals surface area contributed by atoms with Gasteiger partial charge in [-0.15, -0.1) is 0 Å². The first-order chi connectivity index (χ1) is 14.5. The zero-order valence-corrected chi connectivity index (χ0v) is 16.8. The SMILES string of the molecule is O=C(NC[C@H](c1ccco1)N1CCc2ccccc2C1)c1ccc(Cl)c([N+](=O)[O-])c1. The quantitative estimate of drug-likeness (QED) is 0.468. The fourth-order valence-electron chi connectivity index (χ4n) is 3.76. The van der Waals surface area contributed by atoms with Crippen LogP contribution >= 0.6 is 11.6 Å². The van der Waals surface area contributed by atoms with Crippen LogP contribution in [0.2, 0.25) is 5.02 Å². The average molecular weight is 426 g/mol. The van der Waals surface area contributed by atoms with Crippen molar-refractivity contribution < 1.29 is 14.1 Å². The van der Waals surface area contributed by atoms with Crippen LogP contribution in [0, 0.1) is 10.1 Å². The van der Waals surface area contributed by atoms with E-state index in [-0.39, 0.29) is 22.3 Å². The number of fused-ring (bicyclic) bond motifs is 1. The van der Waals surface area contributed by atoms with E-state index in [2.05, 4.69) is 22.3 Å². The van der Waals surface area contributed by atoms with Gasteiger partial charge in [-0.3, -0.25) is 19.8 Å². The highest BCUT2D eigenvalue weighted by molar-refractivity contribution is 6.32. The Morgan fingerprint density at radius 3 is 2.73 bits per heavy atom. The van der Waals surface area contributed by atoms with Gasteiger partial charge < -0.3 is 9.73 Å². The van der Waals surface area contributed by atoms with Gasteiger partial charge in [-0.1, -0.05) is 35.9 Å². The van der Waals surface area contributed by atoms with E-state index in [1.807, 2.05) is 24.3 Å². The summed E-state index contributed by atoms with van der Waals surface area (Å²) in [5.41, 5.74) is 2.50. The maximum atomic E-state index is 12.7. The lowest BCUT2D eigenvalue weighted by Crippen LogP contribution is -2.40. The first kappa shape index (κ1) is 20.1. The first-order valence-electron chi connectivity index (χ1n) is 9.59. The van der Waals surface area contributed by atoms with Gasteiger partial charge in [-0.2, -0.15) is 0 Å². The Balaban J connectivity index is 1.51. The number of nitro groups is 1. The van der Waals surface area contributed by atoms with E-state index in [9.17, 15) is 14.9 Å². The number of nitrogens with one attached hydrogen (secondary N) is 1. The average Bonchev–Trinajstić information content (AvgIpc) is 3.28. The van der Waals surface area contributed by atoms with E-state index >= 15 is 0 Å². The van der Waals surface area contributed by atoms with Gasteiger partial charge in [0.1, 0.15) is 10.8 Å². The summed E-state index contributed by atoms with van der Waals surface area (Å²) in [7, 11) is 0. The maximum Gasteiger partial charge on any atom is 0.288 e. The summed E-state index contributed by atoms with van der Waals surface area (Å²) in [6.07, 6.45) is 2.54. The number of nitrogens with zero attached hydrogens (tertiary/aromatic N) is 2. The molecule has 0 radical (unpaired) electrons. The molecule has 0 saturated carbocycles. The van der Waals surface area contributed by atoms with Crippen LogP contribution in [-0.2, 0) is 13.0 Å². The molecule has 154 valence electrons. The summed E-state index contributed by atoms with van der Waals surface area (Å²) < 4.78 is 5.64. The number of carbonyl (C=O) groups excluding carboxylic acids is 1. The predicted molar refractivity (Wildman–Crippen MR) is 112 cm³/mol. The van der Waals surface area contributed by atoms with Crippen molar-refractivity contribution in [3.8, 4) is 0 Å². The van der Waals surface area contributed by atoms with Gasteiger partial charge in [0.05, 0.1) is 17.2 Å². The molecule has 0 aliphatic carbocycles. The van der Waals surface area contributed by atoms with Crippen molar-refractivity contribution in [1.82, 2.24) is 10.2 Å². The van der Waals surface area contributed by atoms with Crippen LogP contribution in [0.3, 0.4) is 0 Å². The standard InChI is InChI=1S/C22H20ClN3O4/c23-18-8-7-16(12-19(18)26(28)29)22(27)24-13-20(21-6-3-11-30-21)25-10-9-15-4-1-2-5-17(15)14-25/h1-8,11-12,20H,9-10,13-14H2,(H,24,27)/t20-/m1/s1. The molecule has 1 N–H and O–H groups in total. The largest absolute Gasteiger partial charge is 0.468 e. The molecule has 2 aromatic carbocycles. The molecule has 0 unspecified atom stereocenters. The van der Waals surface area contributed by atoms with E-state index in [4.69, 9.17) is 16.0 Å². The van der Waals surface area contributed by atoms with Crippen molar-refractivity contribution in [3.63, 3.8) is 0 Å². The highest BCUT2D eigenvalue weighted by atomic mass is 35.5. The lowest BCUT2D eigenvalue weighted by atomic mass is 9.98. The molecule has 0 saturated heterocycles. The molecule has 0 fully saturated rings. The van der Waals surface area contributed by atoms with Crippen LogP contribution in [0.4, 0.5) is 5.69 Å². The van der Waals surface area contributed by atoms with Crippen molar-refractivity contribution >= 4 is 23.2 Å². The Morgan fingerprint density at radius 2 is 2.00 bits per heavy atom. The number of halogens is 1. The van der Waals surface area contributed by atoms with Gasteiger partial charge in [0.15, 0.2) is 0 Å². The van der Waals surface area contributed by atoms with E-state index in [1.54, 1.807) is 6.26 Å². The second-order valence-corrected chi connectivity index (χ2v) is 7.56. The van der Waals surface area contributed by atoms with Crippen LogP contribution < -0.4 is 5.32 Å². The fraction of sp³-hybridized carbons (Fsp3) is 0.227. The summed E-state index contributed by atoms with van der Waals surface area (Å²) in [6, 6.07) is 15.9. The monoisotopic (exact) mass is 425 g/mol. The molecule has 1 amide bonds. The summed E-state index contributed by atoms with van der Waals surface area (Å²) in [5.74, 6) is 0.362. The maximum absolute atomic E-state index is 12.7. The van der Waals surface area contributed by atoms with Crippen molar-refractivity contribution in [2.24, 2.45) is 0 Å². The number of carbonyl (C=O) groups is 1. The fourth-order valence-corrected chi connectivity index (χ4v) is 3.95. The summed E-state index contributed by atoms with van der Waals surface area (Å²) in [6.45, 7) is 1.90. The third kappa shape index (κ3) is 4.22. The number of amides is 1. The highest BCUT2D eigenvalue weighted by Crippen LogP contribution is 2.28. The van der Waals surface area contributed by atoms with Gasteiger partial charge in [-0.05, 0) is 41.8 Å². The molecular weight excluding hydrogens is 406 g/mol. The topological polar surface area (TPSA) is 88.6 Å². The molecule has 0 bridgehead atoms. The molecule has 1 aromatic heterocycles. The van der Waals surface area contributed by atoms with Crippen molar-refractivity contribution in [1.29, 1.82) is 0 Å². The van der Waals surface area contributed by atoms with Crippen LogP contribution in [0.15, 0.2) is 65.3 Å².